The first kappa shape index (κ1) is 28.7. The number of H-pyrrole nitrogens is 2. The topological polar surface area (TPSA) is 125 Å². The molecule has 3 aromatic carbocycles. The summed E-state index contributed by atoms with van der Waals surface area (Å²) in [5.74, 6) is -1.64. The van der Waals surface area contributed by atoms with Crippen molar-refractivity contribution >= 4 is 27.0 Å². The van der Waals surface area contributed by atoms with Crippen LogP contribution in [0.1, 0.15) is 23.2 Å². The van der Waals surface area contributed by atoms with E-state index in [-0.39, 0.29) is 27.4 Å². The monoisotopic (exact) mass is 567 g/mol. The Morgan fingerprint density at radius 3 is 2.55 bits per heavy atom. The standard InChI is InChI=1S/C28H23F2N3O4S.CH4O/c1-38(35,36)27-21-9-10-31-25(21)15-24(30)26(27)37-20-7-8-23(29)22(14-20)28-32-16-19(33-28)13-18-5-2-4-17(12-18)6-3-11-34;1-2/h2,4-5,7-12,14-16,31H,3,6,13H2,1H3,(H,32,33);2H,1H3. The lowest BCUT2D eigenvalue weighted by atomic mass is 10.0. The fourth-order valence-corrected chi connectivity index (χ4v) is 5.43. The molecule has 0 aliphatic rings. The average molecular weight is 568 g/mol. The molecule has 2 aromatic heterocycles. The first-order chi connectivity index (χ1) is 19.2. The highest BCUT2D eigenvalue weighted by molar-refractivity contribution is 7.91. The van der Waals surface area contributed by atoms with Crippen molar-refractivity contribution in [2.45, 2.75) is 24.2 Å². The molecule has 5 rings (SSSR count). The molecule has 0 unspecified atom stereocenters. The number of hydrogen-bond acceptors (Lipinski definition) is 6. The summed E-state index contributed by atoms with van der Waals surface area (Å²) < 4.78 is 60.5. The zero-order chi connectivity index (χ0) is 28.9. The predicted molar refractivity (Wildman–Crippen MR) is 147 cm³/mol. The van der Waals surface area contributed by atoms with Crippen LogP contribution in [-0.2, 0) is 27.5 Å². The number of imidazole rings is 1. The average Bonchev–Trinajstić information content (AvgIpc) is 3.59. The van der Waals surface area contributed by atoms with Gasteiger partial charge in [-0.25, -0.2) is 22.2 Å². The van der Waals surface area contributed by atoms with Crippen LogP contribution in [0.2, 0.25) is 0 Å². The van der Waals surface area contributed by atoms with Crippen LogP contribution in [0.15, 0.2) is 71.9 Å². The second-order valence-corrected chi connectivity index (χ2v) is 10.9. The first-order valence-electron chi connectivity index (χ1n) is 12.2. The molecule has 0 aliphatic carbocycles. The summed E-state index contributed by atoms with van der Waals surface area (Å²) >= 11 is 0. The van der Waals surface area contributed by atoms with Gasteiger partial charge in [0.2, 0.25) is 0 Å². The fraction of sp³-hybridized carbons (Fsp3) is 0.172. The van der Waals surface area contributed by atoms with Gasteiger partial charge in [-0.1, -0.05) is 24.3 Å². The van der Waals surface area contributed by atoms with Crippen LogP contribution in [-0.4, -0.2) is 48.1 Å². The largest absolute Gasteiger partial charge is 0.453 e. The molecule has 2 heterocycles. The number of hydrogen-bond donors (Lipinski definition) is 3. The molecule has 208 valence electrons. The highest BCUT2D eigenvalue weighted by Crippen LogP contribution is 2.38. The number of nitrogens with zero attached hydrogens (tertiary/aromatic N) is 1. The summed E-state index contributed by atoms with van der Waals surface area (Å²) in [4.78, 5) is 20.6. The number of sulfone groups is 1. The molecule has 5 aromatic rings. The number of aliphatic hydroxyl groups excluding tert-OH is 1. The maximum absolute atomic E-state index is 15.0. The molecule has 8 nitrogen and oxygen atoms in total. The highest BCUT2D eigenvalue weighted by Gasteiger charge is 2.24. The molecule has 11 heteroatoms. The van der Waals surface area contributed by atoms with Gasteiger partial charge in [-0.2, -0.15) is 0 Å². The molecule has 0 spiro atoms. The molecule has 0 radical (unpaired) electrons. The van der Waals surface area contributed by atoms with Gasteiger partial charge in [-0.15, -0.1) is 0 Å². The fourth-order valence-electron chi connectivity index (χ4n) is 4.38. The van der Waals surface area contributed by atoms with Gasteiger partial charge < -0.3 is 24.6 Å². The quantitative estimate of drug-likeness (QED) is 0.206. The number of rotatable bonds is 9. The van der Waals surface area contributed by atoms with E-state index in [1.807, 2.05) is 24.3 Å². The molecule has 40 heavy (non-hydrogen) atoms. The molecular weight excluding hydrogens is 540 g/mol. The number of aromatic amines is 2. The lowest BCUT2D eigenvalue weighted by Crippen LogP contribution is -2.03. The lowest BCUT2D eigenvalue weighted by molar-refractivity contribution is -0.107. The summed E-state index contributed by atoms with van der Waals surface area (Å²) in [7, 11) is -2.87. The molecule has 0 fully saturated rings. The van der Waals surface area contributed by atoms with Gasteiger partial charge in [0.05, 0.1) is 5.56 Å². The second kappa shape index (κ2) is 12.2. The van der Waals surface area contributed by atoms with Crippen molar-refractivity contribution < 1.29 is 31.8 Å². The summed E-state index contributed by atoms with van der Waals surface area (Å²) in [5, 5.41) is 7.29. The van der Waals surface area contributed by atoms with Crippen molar-refractivity contribution in [3.63, 3.8) is 0 Å². The van der Waals surface area contributed by atoms with Crippen LogP contribution >= 0.6 is 0 Å². The zero-order valence-corrected chi connectivity index (χ0v) is 22.6. The number of benzene rings is 3. The number of aldehydes is 1. The van der Waals surface area contributed by atoms with Crippen LogP contribution in [0.5, 0.6) is 11.5 Å². The molecule has 0 saturated heterocycles. The van der Waals surface area contributed by atoms with Gasteiger partial charge in [0.25, 0.3) is 0 Å². The van der Waals surface area contributed by atoms with Crippen molar-refractivity contribution in [2.75, 3.05) is 13.4 Å². The van der Waals surface area contributed by atoms with E-state index < -0.39 is 27.2 Å². The molecule has 0 bridgehead atoms. The van der Waals surface area contributed by atoms with E-state index in [1.54, 1.807) is 6.20 Å². The lowest BCUT2D eigenvalue weighted by Gasteiger charge is -2.13. The predicted octanol–water partition coefficient (Wildman–Crippen LogP) is 5.36. The van der Waals surface area contributed by atoms with E-state index in [2.05, 4.69) is 15.0 Å². The minimum atomic E-state index is -3.87. The van der Waals surface area contributed by atoms with E-state index in [9.17, 15) is 22.0 Å². The number of carbonyl (C=O) groups excluding carboxylic acids is 1. The number of halogens is 2. The Kier molecular flexibility index (Phi) is 8.76. The van der Waals surface area contributed by atoms with Gasteiger partial charge in [-0.3, -0.25) is 0 Å². The van der Waals surface area contributed by atoms with Gasteiger partial charge in [0, 0.05) is 61.3 Å². The van der Waals surface area contributed by atoms with Crippen LogP contribution in [0.25, 0.3) is 22.3 Å². The number of nitrogens with one attached hydrogen (secondary N) is 2. The summed E-state index contributed by atoms with van der Waals surface area (Å²) in [6, 6.07) is 14.3. The van der Waals surface area contributed by atoms with Gasteiger partial charge in [0.1, 0.15) is 28.6 Å². The van der Waals surface area contributed by atoms with E-state index >= 15 is 0 Å². The Morgan fingerprint density at radius 1 is 1.02 bits per heavy atom. The number of aryl methyl sites for hydroxylation is 1. The van der Waals surface area contributed by atoms with Crippen LogP contribution in [0, 0.1) is 11.6 Å². The van der Waals surface area contributed by atoms with Crippen molar-refractivity contribution in [1.82, 2.24) is 15.0 Å². The number of ether oxygens (including phenoxy) is 1. The summed E-state index contributed by atoms with van der Waals surface area (Å²) in [6.45, 7) is 0. The summed E-state index contributed by atoms with van der Waals surface area (Å²) in [6.07, 6.45) is 6.58. The Morgan fingerprint density at radius 2 is 1.80 bits per heavy atom. The van der Waals surface area contributed by atoms with Crippen LogP contribution in [0.3, 0.4) is 0 Å². The molecule has 0 aliphatic heterocycles. The molecular formula is C29H27F2N3O5S. The van der Waals surface area contributed by atoms with Gasteiger partial charge >= 0.3 is 0 Å². The molecule has 3 N–H and O–H groups in total. The number of aliphatic hydroxyl groups is 1. The number of carbonyl (C=O) groups is 1. The van der Waals surface area contributed by atoms with Crippen molar-refractivity contribution in [1.29, 1.82) is 0 Å². The maximum Gasteiger partial charge on any atom is 0.182 e. The normalized spacial score (nSPS) is 11.2. The Bertz CT molecular complexity index is 1760. The first-order valence-corrected chi connectivity index (χ1v) is 14.1. The van der Waals surface area contributed by atoms with Crippen LogP contribution in [0.4, 0.5) is 8.78 Å². The number of fused-ring (bicyclic) bond motifs is 1. The molecule has 0 amide bonds. The SMILES string of the molecule is CO.CS(=O)(=O)c1c(Oc2ccc(F)c(-c3ncc(Cc4cccc(CCC=O)c4)[nH]3)c2)c(F)cc2[nH]ccc12. The van der Waals surface area contributed by atoms with E-state index in [4.69, 9.17) is 9.84 Å². The molecule has 0 saturated carbocycles. The zero-order valence-electron chi connectivity index (χ0n) is 21.7. The second-order valence-electron chi connectivity index (χ2n) is 8.93. The minimum Gasteiger partial charge on any atom is -0.453 e. The minimum absolute atomic E-state index is 0.0425. The van der Waals surface area contributed by atoms with E-state index in [0.717, 1.165) is 48.6 Å². The Hall–Kier alpha value is -4.35. The Balaban J connectivity index is 0.00000181. The van der Waals surface area contributed by atoms with E-state index in [0.29, 0.717) is 24.8 Å². The molecule has 0 atom stereocenters. The third-order valence-electron chi connectivity index (χ3n) is 6.07. The van der Waals surface area contributed by atoms with Crippen molar-refractivity contribution in [2.24, 2.45) is 0 Å². The summed E-state index contributed by atoms with van der Waals surface area (Å²) in [5.41, 5.74) is 3.18. The van der Waals surface area contributed by atoms with Crippen molar-refractivity contribution in [3.05, 3.63) is 95.4 Å². The van der Waals surface area contributed by atoms with E-state index in [1.165, 1.54) is 24.4 Å². The van der Waals surface area contributed by atoms with Crippen molar-refractivity contribution in [3.8, 4) is 22.9 Å². The third kappa shape index (κ3) is 6.27. The smallest absolute Gasteiger partial charge is 0.182 e. The highest BCUT2D eigenvalue weighted by atomic mass is 32.2. The third-order valence-corrected chi connectivity index (χ3v) is 7.21. The number of aromatic nitrogens is 3. The maximum atomic E-state index is 15.0. The van der Waals surface area contributed by atoms with Crippen LogP contribution < -0.4 is 4.74 Å². The van der Waals surface area contributed by atoms with Gasteiger partial charge in [0.15, 0.2) is 21.4 Å². The van der Waals surface area contributed by atoms with Gasteiger partial charge in [-0.05, 0) is 41.8 Å². The Labute approximate surface area is 229 Å².